The molecule has 3 rings (SSSR count). The molecular formula is C16H15ClN4O5. The number of carbonyl (C=O) groups excluding carboxylic acids is 5. The van der Waals surface area contributed by atoms with Gasteiger partial charge in [0.15, 0.2) is 0 Å². The third kappa shape index (κ3) is 2.65. The summed E-state index contributed by atoms with van der Waals surface area (Å²) in [5.41, 5.74) is -1.39. The fourth-order valence-corrected chi connectivity index (χ4v) is 3.50. The van der Waals surface area contributed by atoms with Crippen LogP contribution in [0.1, 0.15) is 40.5 Å². The van der Waals surface area contributed by atoms with Crippen molar-refractivity contribution in [2.45, 2.75) is 25.3 Å². The second-order valence-corrected chi connectivity index (χ2v) is 6.34. The number of nitrogens with zero attached hydrogens (tertiary/aromatic N) is 1. The zero-order chi connectivity index (χ0) is 19.1. The summed E-state index contributed by atoms with van der Waals surface area (Å²) in [6.07, 6.45) is -0.103. The van der Waals surface area contributed by atoms with Gasteiger partial charge in [-0.25, -0.2) is 4.84 Å². The molecule has 1 fully saturated rings. The van der Waals surface area contributed by atoms with Gasteiger partial charge >= 0.3 is 0 Å². The molecule has 2 aliphatic rings. The second-order valence-electron chi connectivity index (χ2n) is 6.07. The first-order valence-electron chi connectivity index (χ1n) is 7.79. The zero-order valence-electron chi connectivity index (χ0n) is 13.7. The van der Waals surface area contributed by atoms with E-state index in [1.165, 1.54) is 25.1 Å². The van der Waals surface area contributed by atoms with Crippen LogP contribution in [0.15, 0.2) is 18.2 Å². The summed E-state index contributed by atoms with van der Waals surface area (Å²) in [7, 11) is 0. The molecule has 0 aromatic heterocycles. The van der Waals surface area contributed by atoms with Crippen LogP contribution in [0.3, 0.4) is 0 Å². The van der Waals surface area contributed by atoms with Crippen molar-refractivity contribution in [3.05, 3.63) is 29.3 Å². The molecule has 0 bridgehead atoms. The van der Waals surface area contributed by atoms with Gasteiger partial charge in [-0.2, -0.15) is 0 Å². The lowest BCUT2D eigenvalue weighted by molar-refractivity contribution is -0.141. The molecule has 2 heterocycles. The maximum atomic E-state index is 13.0. The Labute approximate surface area is 153 Å². The highest BCUT2D eigenvalue weighted by Gasteiger charge is 2.55. The highest BCUT2D eigenvalue weighted by molar-refractivity contribution is 6.27. The van der Waals surface area contributed by atoms with Gasteiger partial charge in [0.1, 0.15) is 5.54 Å². The number of hydrogen-bond acceptors (Lipinski definition) is 6. The van der Waals surface area contributed by atoms with Gasteiger partial charge in [0.2, 0.25) is 11.8 Å². The van der Waals surface area contributed by atoms with Gasteiger partial charge in [0.05, 0.1) is 16.8 Å². The molecule has 0 radical (unpaired) electrons. The smallest absolute Gasteiger partial charge is 0.264 e. The van der Waals surface area contributed by atoms with Crippen LogP contribution in [0, 0.1) is 0 Å². The van der Waals surface area contributed by atoms with E-state index in [4.69, 9.17) is 11.8 Å². The largest absolute Gasteiger partial charge is 0.326 e. The van der Waals surface area contributed by atoms with Gasteiger partial charge in [-0.1, -0.05) is 6.07 Å². The lowest BCUT2D eigenvalue weighted by atomic mass is 9.87. The molecule has 9 nitrogen and oxygen atoms in total. The Morgan fingerprint density at radius 1 is 1.27 bits per heavy atom. The molecule has 136 valence electrons. The van der Waals surface area contributed by atoms with Crippen molar-refractivity contribution in [2.75, 3.05) is 11.9 Å². The summed E-state index contributed by atoms with van der Waals surface area (Å²) >= 11 is 5.59. The number of piperidine rings is 1. The Morgan fingerprint density at radius 2 is 2.00 bits per heavy atom. The Balaban J connectivity index is 2.10. The van der Waals surface area contributed by atoms with Crippen LogP contribution in [0.5, 0.6) is 0 Å². The molecule has 1 unspecified atom stereocenters. The Hall–Kier alpha value is -2.78. The number of hydrogen-bond donors (Lipinski definition) is 3. The van der Waals surface area contributed by atoms with Crippen LogP contribution in [0.4, 0.5) is 5.69 Å². The van der Waals surface area contributed by atoms with Crippen LogP contribution < -0.4 is 15.5 Å². The first-order valence-corrected chi connectivity index (χ1v) is 8.17. The molecule has 10 heteroatoms. The molecule has 0 aliphatic carbocycles. The predicted molar refractivity (Wildman–Crippen MR) is 90.2 cm³/mol. The number of halogens is 1. The Bertz CT molecular complexity index is 855. The van der Waals surface area contributed by atoms with E-state index in [2.05, 4.69) is 15.5 Å². The fourth-order valence-electron chi connectivity index (χ4n) is 3.28. The fraction of sp³-hybridized carbons (Fsp3) is 0.312. The van der Waals surface area contributed by atoms with Crippen molar-refractivity contribution < 1.29 is 24.0 Å². The average molecular weight is 379 g/mol. The van der Waals surface area contributed by atoms with Crippen molar-refractivity contribution >= 4 is 47.0 Å². The molecule has 1 saturated heterocycles. The SMILES string of the molecule is CC(=O)Nc1cccc2c1C(=O)N(C1(CNCl)CCC(=O)NC1=O)C2=O. The summed E-state index contributed by atoms with van der Waals surface area (Å²) in [4.78, 5) is 64.5. The van der Waals surface area contributed by atoms with Crippen molar-refractivity contribution in [3.63, 3.8) is 0 Å². The van der Waals surface area contributed by atoms with Crippen LogP contribution in [0.25, 0.3) is 0 Å². The van der Waals surface area contributed by atoms with E-state index in [-0.39, 0.29) is 36.2 Å². The first kappa shape index (κ1) is 18.0. The van der Waals surface area contributed by atoms with Gasteiger partial charge in [-0.05, 0) is 30.3 Å². The first-order chi connectivity index (χ1) is 12.3. The van der Waals surface area contributed by atoms with Gasteiger partial charge in [-0.3, -0.25) is 34.2 Å². The van der Waals surface area contributed by atoms with E-state index < -0.39 is 35.1 Å². The summed E-state index contributed by atoms with van der Waals surface area (Å²) in [5, 5.41) is 4.66. The lowest BCUT2D eigenvalue weighted by Gasteiger charge is -2.40. The van der Waals surface area contributed by atoms with Crippen LogP contribution in [0.2, 0.25) is 0 Å². The maximum Gasteiger partial charge on any atom is 0.264 e. The molecular weight excluding hydrogens is 364 g/mol. The average Bonchev–Trinajstić information content (AvgIpc) is 2.83. The number of fused-ring (bicyclic) bond motifs is 1. The monoisotopic (exact) mass is 378 g/mol. The summed E-state index contributed by atoms with van der Waals surface area (Å²) in [5.74, 6) is -3.09. The van der Waals surface area contributed by atoms with E-state index in [0.29, 0.717) is 0 Å². The molecule has 1 atom stereocenters. The molecule has 26 heavy (non-hydrogen) atoms. The van der Waals surface area contributed by atoms with Crippen LogP contribution in [-0.2, 0) is 14.4 Å². The Kier molecular flexibility index (Phi) is 4.51. The van der Waals surface area contributed by atoms with Crippen molar-refractivity contribution in [3.8, 4) is 0 Å². The van der Waals surface area contributed by atoms with E-state index in [9.17, 15) is 24.0 Å². The van der Waals surface area contributed by atoms with Crippen LogP contribution in [-0.4, -0.2) is 46.5 Å². The highest BCUT2D eigenvalue weighted by Crippen LogP contribution is 2.37. The standard InChI is InChI=1S/C16H15ClN4O5/c1-8(22)19-10-4-2-3-9-12(10)14(25)21(13(9)24)16(7-18-17)6-5-11(23)20-15(16)26/h2-4,18H,5-7H2,1H3,(H,19,22)(H,20,23,26). The van der Waals surface area contributed by atoms with Gasteiger partial charge in [0.25, 0.3) is 17.7 Å². The van der Waals surface area contributed by atoms with E-state index >= 15 is 0 Å². The zero-order valence-corrected chi connectivity index (χ0v) is 14.5. The number of benzene rings is 1. The number of rotatable bonds is 4. The van der Waals surface area contributed by atoms with E-state index in [0.717, 1.165) is 4.90 Å². The number of carbonyl (C=O) groups is 5. The highest BCUT2D eigenvalue weighted by atomic mass is 35.5. The molecule has 1 aromatic carbocycles. The number of imide groups is 2. The quantitative estimate of drug-likeness (QED) is 0.506. The summed E-state index contributed by atoms with van der Waals surface area (Å²) in [6.45, 7) is 1.05. The molecule has 5 amide bonds. The molecule has 2 aliphatic heterocycles. The third-order valence-corrected chi connectivity index (χ3v) is 4.59. The normalized spacial score (nSPS) is 22.3. The second kappa shape index (κ2) is 6.50. The van der Waals surface area contributed by atoms with E-state index in [1.807, 2.05) is 0 Å². The lowest BCUT2D eigenvalue weighted by Crippen LogP contribution is -2.67. The number of anilines is 1. The number of amides is 5. The van der Waals surface area contributed by atoms with Crippen molar-refractivity contribution in [1.82, 2.24) is 15.1 Å². The Morgan fingerprint density at radius 3 is 2.62 bits per heavy atom. The minimum absolute atomic E-state index is 0.00588. The minimum atomic E-state index is -1.64. The minimum Gasteiger partial charge on any atom is -0.326 e. The third-order valence-electron chi connectivity index (χ3n) is 4.45. The van der Waals surface area contributed by atoms with Gasteiger partial charge in [-0.15, -0.1) is 0 Å². The van der Waals surface area contributed by atoms with E-state index in [1.54, 1.807) is 0 Å². The maximum absolute atomic E-state index is 13.0. The van der Waals surface area contributed by atoms with Gasteiger partial charge < -0.3 is 5.32 Å². The molecule has 0 spiro atoms. The number of nitrogens with one attached hydrogen (secondary N) is 3. The topological polar surface area (TPSA) is 125 Å². The van der Waals surface area contributed by atoms with Gasteiger partial charge in [0, 0.05) is 19.9 Å². The predicted octanol–water partition coefficient (Wildman–Crippen LogP) is 0.160. The molecule has 3 N–H and O–H groups in total. The summed E-state index contributed by atoms with van der Waals surface area (Å²) < 4.78 is 0. The van der Waals surface area contributed by atoms with Crippen LogP contribution >= 0.6 is 11.8 Å². The molecule has 0 saturated carbocycles. The van der Waals surface area contributed by atoms with Crippen molar-refractivity contribution in [2.24, 2.45) is 0 Å². The van der Waals surface area contributed by atoms with Crippen molar-refractivity contribution in [1.29, 1.82) is 0 Å². The summed E-state index contributed by atoms with van der Waals surface area (Å²) in [6, 6.07) is 4.45. The molecule has 1 aromatic rings.